The number of hydrogen-bond donors (Lipinski definition) is 1. The highest BCUT2D eigenvalue weighted by Gasteiger charge is 2.50. The maximum absolute atomic E-state index is 13.0. The van der Waals surface area contributed by atoms with Crippen molar-refractivity contribution in [2.75, 3.05) is 39.4 Å². The van der Waals surface area contributed by atoms with E-state index in [2.05, 4.69) is 76.2 Å². The summed E-state index contributed by atoms with van der Waals surface area (Å²) in [4.78, 5) is 28.6. The fourth-order valence-electron chi connectivity index (χ4n) is 5.15. The third kappa shape index (κ3) is 7.24. The van der Waals surface area contributed by atoms with E-state index in [1.54, 1.807) is 9.80 Å². The molecule has 1 heterocycles. The second-order valence-corrected chi connectivity index (χ2v) is 15.3. The minimum atomic E-state index is -2.60. The average Bonchev–Trinajstić information content (AvgIpc) is 2.93. The van der Waals surface area contributed by atoms with Crippen LogP contribution in [0.25, 0.3) is 0 Å². The minimum Gasteiger partial charge on any atom is -0.449 e. The lowest BCUT2D eigenvalue weighted by atomic mass is 10.1. The minimum absolute atomic E-state index is 0.0607. The van der Waals surface area contributed by atoms with Gasteiger partial charge in [-0.25, -0.2) is 4.79 Å². The van der Waals surface area contributed by atoms with Gasteiger partial charge in [0.15, 0.2) is 0 Å². The summed E-state index contributed by atoms with van der Waals surface area (Å²) in [5.41, 5.74) is 6.34. The molecular weight excluding hydrogens is 494 g/mol. The quantitative estimate of drug-likeness (QED) is 0.347. The van der Waals surface area contributed by atoms with Crippen LogP contribution in [0, 0.1) is 0 Å². The molecule has 208 valence electrons. The Hall–Kier alpha value is -2.68. The van der Waals surface area contributed by atoms with Crippen LogP contribution in [0.2, 0.25) is 5.04 Å². The Morgan fingerprint density at radius 2 is 1.39 bits per heavy atom. The van der Waals surface area contributed by atoms with E-state index in [0.717, 1.165) is 12.8 Å². The lowest BCUT2D eigenvalue weighted by molar-refractivity contribution is -0.134. The molecule has 2 N–H and O–H groups in total. The number of benzene rings is 2. The molecule has 0 spiro atoms. The molecule has 2 aromatic rings. The summed E-state index contributed by atoms with van der Waals surface area (Å²) in [5, 5.41) is 2.39. The van der Waals surface area contributed by atoms with Gasteiger partial charge in [0.2, 0.25) is 5.91 Å². The van der Waals surface area contributed by atoms with Crippen LogP contribution in [0.1, 0.15) is 53.4 Å². The van der Waals surface area contributed by atoms with Gasteiger partial charge in [0, 0.05) is 32.8 Å². The van der Waals surface area contributed by atoms with Crippen LogP contribution < -0.4 is 16.1 Å². The smallest absolute Gasteiger partial charge is 0.409 e. The van der Waals surface area contributed by atoms with Crippen molar-refractivity contribution in [3.05, 3.63) is 60.7 Å². The van der Waals surface area contributed by atoms with Gasteiger partial charge in [-0.05, 0) is 34.7 Å². The number of ether oxygens (including phenoxy) is 1. The zero-order valence-electron chi connectivity index (χ0n) is 23.5. The van der Waals surface area contributed by atoms with Crippen LogP contribution in [-0.4, -0.2) is 75.6 Å². The standard InChI is InChI=1S/C30H45N3O4Si/c1-5-6-23-36-29(35)33-21-19-32(20-22-33)28(34)27(31)18-13-24-37-38(30(2,3)4,25-14-9-7-10-15-25)26-16-11-8-12-17-26/h7-12,14-17,27H,5-6,13,18-24,31H2,1-4H3/t27-/m0/s1. The molecule has 1 aliphatic rings. The largest absolute Gasteiger partial charge is 0.449 e. The summed E-state index contributed by atoms with van der Waals surface area (Å²) in [6, 6.07) is 20.5. The molecule has 0 aromatic heterocycles. The van der Waals surface area contributed by atoms with E-state index < -0.39 is 14.4 Å². The van der Waals surface area contributed by atoms with E-state index in [1.807, 2.05) is 12.1 Å². The maximum atomic E-state index is 13.0. The number of amides is 2. The van der Waals surface area contributed by atoms with Gasteiger partial charge in [-0.2, -0.15) is 0 Å². The Morgan fingerprint density at radius 1 is 0.868 bits per heavy atom. The molecule has 3 rings (SSSR count). The zero-order chi connectivity index (χ0) is 27.6. The van der Waals surface area contributed by atoms with Gasteiger partial charge in [-0.1, -0.05) is 94.8 Å². The molecule has 38 heavy (non-hydrogen) atoms. The second kappa shape index (κ2) is 13.9. The molecule has 1 fully saturated rings. The molecule has 1 atom stereocenters. The van der Waals surface area contributed by atoms with Crippen molar-refractivity contribution in [2.24, 2.45) is 5.73 Å². The number of rotatable bonds is 11. The Balaban J connectivity index is 1.57. The van der Waals surface area contributed by atoms with Gasteiger partial charge in [-0.15, -0.1) is 0 Å². The summed E-state index contributed by atoms with van der Waals surface area (Å²) in [6.07, 6.45) is 2.79. The molecule has 2 amide bonds. The van der Waals surface area contributed by atoms with Gasteiger partial charge in [0.1, 0.15) is 0 Å². The molecule has 1 saturated heterocycles. The van der Waals surface area contributed by atoms with Crippen molar-refractivity contribution in [1.29, 1.82) is 0 Å². The lowest BCUT2D eigenvalue weighted by Gasteiger charge is -2.43. The predicted octanol–water partition coefficient (Wildman–Crippen LogP) is 3.75. The molecule has 0 saturated carbocycles. The van der Waals surface area contributed by atoms with Crippen LogP contribution in [0.5, 0.6) is 0 Å². The third-order valence-corrected chi connectivity index (χ3v) is 12.3. The van der Waals surface area contributed by atoms with E-state index in [4.69, 9.17) is 14.9 Å². The second-order valence-electron chi connectivity index (χ2n) is 11.0. The Labute approximate surface area is 229 Å². The van der Waals surface area contributed by atoms with Crippen LogP contribution in [0.4, 0.5) is 4.79 Å². The van der Waals surface area contributed by atoms with Crippen molar-refractivity contribution in [2.45, 2.75) is 64.5 Å². The van der Waals surface area contributed by atoms with Crippen LogP contribution in [-0.2, 0) is 14.0 Å². The molecule has 0 bridgehead atoms. The highest BCUT2D eigenvalue weighted by molar-refractivity contribution is 6.99. The Morgan fingerprint density at radius 3 is 1.89 bits per heavy atom. The Kier molecular flexibility index (Phi) is 10.9. The number of hydrogen-bond acceptors (Lipinski definition) is 5. The fraction of sp³-hybridized carbons (Fsp3) is 0.533. The average molecular weight is 540 g/mol. The van der Waals surface area contributed by atoms with Crippen molar-refractivity contribution < 1.29 is 18.8 Å². The molecular formula is C30H45N3O4Si. The van der Waals surface area contributed by atoms with E-state index in [9.17, 15) is 9.59 Å². The summed E-state index contributed by atoms with van der Waals surface area (Å²) < 4.78 is 12.2. The first kappa shape index (κ1) is 29.9. The Bertz CT molecular complexity index is 966. The molecule has 0 aliphatic carbocycles. The molecule has 2 aromatic carbocycles. The van der Waals surface area contributed by atoms with Crippen LogP contribution in [0.15, 0.2) is 60.7 Å². The van der Waals surface area contributed by atoms with Crippen molar-refractivity contribution in [3.8, 4) is 0 Å². The molecule has 8 heteroatoms. The van der Waals surface area contributed by atoms with E-state index in [0.29, 0.717) is 52.2 Å². The first-order valence-electron chi connectivity index (χ1n) is 13.9. The van der Waals surface area contributed by atoms with Crippen LogP contribution >= 0.6 is 0 Å². The summed E-state index contributed by atoms with van der Waals surface area (Å²) in [5.74, 6) is -0.0607. The topological polar surface area (TPSA) is 85.1 Å². The fourth-order valence-corrected chi connectivity index (χ4v) is 9.76. The van der Waals surface area contributed by atoms with Gasteiger partial charge in [0.05, 0.1) is 12.6 Å². The van der Waals surface area contributed by atoms with E-state index in [-0.39, 0.29) is 17.0 Å². The highest BCUT2D eigenvalue weighted by atomic mass is 28.4. The monoisotopic (exact) mass is 539 g/mol. The lowest BCUT2D eigenvalue weighted by Crippen LogP contribution is -2.66. The zero-order valence-corrected chi connectivity index (χ0v) is 24.5. The third-order valence-electron chi connectivity index (χ3n) is 7.29. The van der Waals surface area contributed by atoms with Gasteiger partial charge < -0.3 is 24.7 Å². The molecule has 1 aliphatic heterocycles. The van der Waals surface area contributed by atoms with Gasteiger partial charge in [0.25, 0.3) is 8.32 Å². The number of nitrogens with two attached hydrogens (primary N) is 1. The van der Waals surface area contributed by atoms with E-state index in [1.165, 1.54) is 10.4 Å². The number of carbonyl (C=O) groups excluding carboxylic acids is 2. The normalized spacial score (nSPS) is 15.3. The summed E-state index contributed by atoms with van der Waals surface area (Å²) in [7, 11) is -2.60. The number of piperazine rings is 1. The van der Waals surface area contributed by atoms with Gasteiger partial charge in [-0.3, -0.25) is 4.79 Å². The van der Waals surface area contributed by atoms with Crippen molar-refractivity contribution in [3.63, 3.8) is 0 Å². The summed E-state index contributed by atoms with van der Waals surface area (Å²) in [6.45, 7) is 11.7. The van der Waals surface area contributed by atoms with Gasteiger partial charge >= 0.3 is 6.09 Å². The number of unbranched alkanes of at least 4 members (excludes halogenated alkanes) is 1. The number of carbonyl (C=O) groups is 2. The SMILES string of the molecule is CCCCOC(=O)N1CCN(C(=O)[C@@H](N)CCCO[Si](c2ccccc2)(c2ccccc2)C(C)(C)C)CC1. The first-order chi connectivity index (χ1) is 18.2. The van der Waals surface area contributed by atoms with E-state index >= 15 is 0 Å². The van der Waals surface area contributed by atoms with Crippen LogP contribution in [0.3, 0.4) is 0 Å². The molecule has 7 nitrogen and oxygen atoms in total. The van der Waals surface area contributed by atoms with Crippen molar-refractivity contribution >= 4 is 30.7 Å². The highest BCUT2D eigenvalue weighted by Crippen LogP contribution is 2.36. The maximum Gasteiger partial charge on any atom is 0.409 e. The predicted molar refractivity (Wildman–Crippen MR) is 155 cm³/mol. The van der Waals surface area contributed by atoms with Crippen molar-refractivity contribution in [1.82, 2.24) is 9.80 Å². The molecule has 0 radical (unpaired) electrons. The first-order valence-corrected chi connectivity index (χ1v) is 15.8. The molecule has 0 unspecified atom stereocenters. The number of nitrogens with zero attached hydrogens (tertiary/aromatic N) is 2. The summed E-state index contributed by atoms with van der Waals surface area (Å²) >= 11 is 0.